The summed E-state index contributed by atoms with van der Waals surface area (Å²) in [6.45, 7) is 0.298. The molecule has 0 aliphatic carbocycles. The zero-order valence-electron chi connectivity index (χ0n) is 16.7. The normalized spacial score (nSPS) is 15.6. The molecule has 0 spiro atoms. The molecule has 12 heteroatoms. The number of nitrogens with zero attached hydrogens (tertiary/aromatic N) is 2. The van der Waals surface area contributed by atoms with Crippen LogP contribution in [0.1, 0.15) is 28.9 Å². The minimum atomic E-state index is -0.645. The number of nitrogens with one attached hydrogen (secondary N) is 2. The predicted molar refractivity (Wildman–Crippen MR) is 121 cm³/mol. The lowest BCUT2D eigenvalue weighted by molar-refractivity contribution is -0.120. The first-order valence-corrected chi connectivity index (χ1v) is 10.9. The summed E-state index contributed by atoms with van der Waals surface area (Å²) in [5, 5.41) is 5.79. The first-order valence-electron chi connectivity index (χ1n) is 9.73. The lowest BCUT2D eigenvalue weighted by atomic mass is 10.1. The molecule has 1 unspecified atom stereocenters. The van der Waals surface area contributed by atoms with E-state index in [1.165, 1.54) is 0 Å². The molecule has 3 aromatic rings. The number of unbranched alkanes of at least 4 members (excludes halogenated alkanes) is 1. The van der Waals surface area contributed by atoms with Crippen molar-refractivity contribution in [1.29, 1.82) is 0 Å². The number of nitrogen functional groups attached to an aromatic ring is 1. The number of thiophene rings is 1. The number of carbonyl (C=O) groups is 3. The molecule has 32 heavy (non-hydrogen) atoms. The summed E-state index contributed by atoms with van der Waals surface area (Å²) in [5.41, 5.74) is 13.0. The number of halogens is 1. The minimum absolute atomic E-state index is 0.122. The maximum atomic E-state index is 11.8. The van der Waals surface area contributed by atoms with E-state index in [9.17, 15) is 14.4 Å². The number of hydrogen-bond acceptors (Lipinski definition) is 8. The largest absolute Gasteiger partial charge is 0.463 e. The Bertz CT molecular complexity index is 1230. The minimum Gasteiger partial charge on any atom is -0.463 e. The number of urea groups is 1. The fourth-order valence-electron chi connectivity index (χ4n) is 3.37. The molecule has 4 amide bonds. The summed E-state index contributed by atoms with van der Waals surface area (Å²) in [4.78, 5) is 44.1. The number of amides is 4. The number of primary amides is 1. The van der Waals surface area contributed by atoms with E-state index in [1.807, 2.05) is 6.07 Å². The van der Waals surface area contributed by atoms with Gasteiger partial charge >= 0.3 is 12.0 Å². The standard InChI is InChI=1S/C20H19ClN6O4S/c21-10-5-3-4-9(8-10)14-12-13(22)15(16(23)28)32-18(12)27-20(25-14)31-7-2-1-6-11-17(29)26-19(30)24-11/h3-5,8,11H,1-2,6-7,22H2,(H2,23,28)(H2,24,26,29,30). The molecule has 6 N–H and O–H groups in total. The molecule has 1 atom stereocenters. The van der Waals surface area contributed by atoms with Gasteiger partial charge in [0.15, 0.2) is 0 Å². The quantitative estimate of drug-likeness (QED) is 0.287. The Balaban J connectivity index is 1.53. The Morgan fingerprint density at radius 3 is 2.75 bits per heavy atom. The molecule has 10 nitrogen and oxygen atoms in total. The van der Waals surface area contributed by atoms with Crippen LogP contribution in [-0.2, 0) is 4.79 Å². The smallest absolute Gasteiger partial charge is 0.322 e. The van der Waals surface area contributed by atoms with Crippen molar-refractivity contribution in [1.82, 2.24) is 20.6 Å². The Labute approximate surface area is 191 Å². The number of anilines is 1. The van der Waals surface area contributed by atoms with E-state index in [0.29, 0.717) is 52.4 Å². The monoisotopic (exact) mass is 474 g/mol. The van der Waals surface area contributed by atoms with E-state index >= 15 is 0 Å². The van der Waals surface area contributed by atoms with Gasteiger partial charge in [0.1, 0.15) is 15.7 Å². The van der Waals surface area contributed by atoms with Gasteiger partial charge in [-0.1, -0.05) is 23.7 Å². The van der Waals surface area contributed by atoms with Crippen molar-refractivity contribution in [3.8, 4) is 17.3 Å². The van der Waals surface area contributed by atoms with Crippen LogP contribution in [0.25, 0.3) is 21.5 Å². The average molecular weight is 475 g/mol. The van der Waals surface area contributed by atoms with Gasteiger partial charge in [0.05, 0.1) is 23.4 Å². The van der Waals surface area contributed by atoms with Crippen molar-refractivity contribution in [2.75, 3.05) is 12.3 Å². The summed E-state index contributed by atoms with van der Waals surface area (Å²) in [6.07, 6.45) is 1.77. The van der Waals surface area contributed by atoms with Crippen LogP contribution in [0.4, 0.5) is 10.5 Å². The van der Waals surface area contributed by atoms with E-state index in [-0.39, 0.29) is 22.5 Å². The third-order valence-corrected chi connectivity index (χ3v) is 6.22. The second kappa shape index (κ2) is 8.97. The molecule has 1 fully saturated rings. The second-order valence-corrected chi connectivity index (χ2v) is 8.55. The highest BCUT2D eigenvalue weighted by atomic mass is 35.5. The van der Waals surface area contributed by atoms with Gasteiger partial charge in [-0.3, -0.25) is 14.9 Å². The number of carbonyl (C=O) groups excluding carboxylic acids is 3. The van der Waals surface area contributed by atoms with Crippen molar-refractivity contribution in [2.45, 2.75) is 25.3 Å². The fraction of sp³-hybridized carbons (Fsp3) is 0.250. The van der Waals surface area contributed by atoms with Crippen LogP contribution < -0.4 is 26.8 Å². The van der Waals surface area contributed by atoms with E-state index in [2.05, 4.69) is 20.6 Å². The highest BCUT2D eigenvalue weighted by Gasteiger charge is 2.28. The van der Waals surface area contributed by atoms with Crippen molar-refractivity contribution in [3.05, 3.63) is 34.2 Å². The molecule has 2 aromatic heterocycles. The number of hydrogen-bond donors (Lipinski definition) is 4. The number of fused-ring (bicyclic) bond motifs is 1. The zero-order valence-corrected chi connectivity index (χ0v) is 18.3. The molecule has 0 saturated carbocycles. The van der Waals surface area contributed by atoms with Crippen LogP contribution in [0.5, 0.6) is 6.01 Å². The highest BCUT2D eigenvalue weighted by molar-refractivity contribution is 7.21. The number of rotatable bonds is 8. The van der Waals surface area contributed by atoms with Crippen molar-refractivity contribution >= 4 is 56.7 Å². The summed E-state index contributed by atoms with van der Waals surface area (Å²) in [6, 6.07) is 6.19. The van der Waals surface area contributed by atoms with Gasteiger partial charge in [-0.05, 0) is 31.4 Å². The van der Waals surface area contributed by atoms with Crippen LogP contribution in [0.15, 0.2) is 24.3 Å². The number of benzene rings is 1. The predicted octanol–water partition coefficient (Wildman–Crippen LogP) is 2.45. The van der Waals surface area contributed by atoms with Crippen LogP contribution in [0.2, 0.25) is 5.02 Å². The Morgan fingerprint density at radius 1 is 1.25 bits per heavy atom. The second-order valence-electron chi connectivity index (χ2n) is 7.11. The molecule has 1 aliphatic heterocycles. The Morgan fingerprint density at radius 2 is 2.06 bits per heavy atom. The first kappa shape index (κ1) is 21.8. The Hall–Kier alpha value is -3.44. The maximum absolute atomic E-state index is 11.8. The van der Waals surface area contributed by atoms with Gasteiger partial charge in [-0.25, -0.2) is 4.79 Å². The lowest BCUT2D eigenvalue weighted by Gasteiger charge is -2.10. The van der Waals surface area contributed by atoms with Crippen LogP contribution in [0, 0.1) is 0 Å². The van der Waals surface area contributed by atoms with E-state index in [1.54, 1.807) is 18.2 Å². The molecule has 1 saturated heterocycles. The van der Waals surface area contributed by atoms with Crippen molar-refractivity contribution < 1.29 is 19.1 Å². The maximum Gasteiger partial charge on any atom is 0.322 e. The molecular weight excluding hydrogens is 456 g/mol. The molecule has 166 valence electrons. The lowest BCUT2D eigenvalue weighted by Crippen LogP contribution is -2.28. The van der Waals surface area contributed by atoms with E-state index in [0.717, 1.165) is 11.3 Å². The van der Waals surface area contributed by atoms with Gasteiger partial charge in [0.25, 0.3) is 11.8 Å². The van der Waals surface area contributed by atoms with Crippen molar-refractivity contribution in [2.24, 2.45) is 5.73 Å². The van der Waals surface area contributed by atoms with Gasteiger partial charge in [0, 0.05) is 10.6 Å². The average Bonchev–Trinajstić information content (AvgIpc) is 3.25. The van der Waals surface area contributed by atoms with Crippen molar-refractivity contribution in [3.63, 3.8) is 0 Å². The molecule has 0 radical (unpaired) electrons. The van der Waals surface area contributed by atoms with Gasteiger partial charge < -0.3 is 21.5 Å². The zero-order chi connectivity index (χ0) is 22.8. The van der Waals surface area contributed by atoms with Crippen LogP contribution in [-0.4, -0.2) is 40.5 Å². The topological polar surface area (TPSA) is 162 Å². The molecule has 4 rings (SSSR count). The number of aromatic nitrogens is 2. The van der Waals surface area contributed by atoms with Crippen LogP contribution in [0.3, 0.4) is 0 Å². The molecule has 1 aliphatic rings. The van der Waals surface area contributed by atoms with Gasteiger partial charge in [-0.2, -0.15) is 9.97 Å². The summed E-state index contributed by atoms with van der Waals surface area (Å²) in [7, 11) is 0. The van der Waals surface area contributed by atoms with Gasteiger partial charge in [0.2, 0.25) is 0 Å². The molecule has 1 aromatic carbocycles. The summed E-state index contributed by atoms with van der Waals surface area (Å²) < 4.78 is 5.74. The SMILES string of the molecule is NC(=O)c1sc2nc(OCCCCC3NC(=O)NC3=O)nc(-c3cccc(Cl)c3)c2c1N. The first-order chi connectivity index (χ1) is 15.3. The number of ether oxygens (including phenoxy) is 1. The molecular formula is C20H19ClN6O4S. The highest BCUT2D eigenvalue weighted by Crippen LogP contribution is 2.39. The van der Waals surface area contributed by atoms with E-state index < -0.39 is 18.0 Å². The molecule has 0 bridgehead atoms. The third kappa shape index (κ3) is 4.43. The van der Waals surface area contributed by atoms with Gasteiger partial charge in [-0.15, -0.1) is 11.3 Å². The molecule has 3 heterocycles. The summed E-state index contributed by atoms with van der Waals surface area (Å²) in [5.74, 6) is -0.968. The third-order valence-electron chi connectivity index (χ3n) is 4.87. The van der Waals surface area contributed by atoms with Crippen LogP contribution >= 0.6 is 22.9 Å². The summed E-state index contributed by atoms with van der Waals surface area (Å²) >= 11 is 7.21. The number of nitrogens with two attached hydrogens (primary N) is 2. The number of imide groups is 1. The fourth-order valence-corrected chi connectivity index (χ4v) is 4.50. The van der Waals surface area contributed by atoms with E-state index in [4.69, 9.17) is 27.8 Å². The Kier molecular flexibility index (Phi) is 6.10.